The zero-order chi connectivity index (χ0) is 17.7. The molecule has 1 heterocycles. The van der Waals surface area contributed by atoms with E-state index in [9.17, 15) is 4.79 Å². The van der Waals surface area contributed by atoms with E-state index in [1.165, 1.54) is 5.56 Å². The predicted octanol–water partition coefficient (Wildman–Crippen LogP) is 3.04. The number of aromatic nitrogens is 2. The van der Waals surface area contributed by atoms with Gasteiger partial charge in [0.15, 0.2) is 0 Å². The van der Waals surface area contributed by atoms with Crippen molar-refractivity contribution >= 4 is 12.1 Å². The Bertz CT molecular complexity index is 659. The summed E-state index contributed by atoms with van der Waals surface area (Å²) < 4.78 is 1.94. The summed E-state index contributed by atoms with van der Waals surface area (Å²) in [6.45, 7) is 7.74. The lowest BCUT2D eigenvalue weighted by molar-refractivity contribution is -0.107. The van der Waals surface area contributed by atoms with Crippen LogP contribution in [0.4, 0.5) is 5.69 Å². The number of benzene rings is 1. The number of nitrogens with zero attached hydrogens (tertiary/aromatic N) is 4. The average Bonchev–Trinajstić information content (AvgIpc) is 2.92. The highest BCUT2D eigenvalue weighted by Gasteiger charge is 2.12. The maximum Gasteiger partial charge on any atom is 0.214 e. The molecule has 0 aliphatic heterocycles. The molecule has 0 aliphatic carbocycles. The minimum atomic E-state index is 0.318. The molecule has 0 spiro atoms. The van der Waals surface area contributed by atoms with Crippen LogP contribution in [-0.2, 0) is 17.8 Å². The van der Waals surface area contributed by atoms with Gasteiger partial charge in [0, 0.05) is 30.0 Å². The number of hydrogen-bond donors (Lipinski definition) is 0. The average molecular weight is 328 g/mol. The van der Waals surface area contributed by atoms with Crippen molar-refractivity contribution in [3.05, 3.63) is 47.3 Å². The topological polar surface area (TPSA) is 41.4 Å². The number of amides is 1. The highest BCUT2D eigenvalue weighted by atomic mass is 16.1. The Morgan fingerprint density at radius 3 is 2.38 bits per heavy atom. The second-order valence-corrected chi connectivity index (χ2v) is 6.77. The second-order valence-electron chi connectivity index (χ2n) is 6.77. The standard InChI is InChI=1S/C19H28N4O/c1-15(2)23-13-18(16(3)20-23)12-22(14-24)19-8-6-17(7-9-19)10-11-21(4)5/h6-9,13-15H,10-12H2,1-5H3. The summed E-state index contributed by atoms with van der Waals surface area (Å²) in [5.74, 6) is 0. The molecule has 0 bridgehead atoms. The highest BCUT2D eigenvalue weighted by Crippen LogP contribution is 2.19. The molecule has 0 saturated carbocycles. The van der Waals surface area contributed by atoms with Crippen LogP contribution in [-0.4, -0.2) is 41.7 Å². The van der Waals surface area contributed by atoms with E-state index in [2.05, 4.69) is 50.1 Å². The zero-order valence-corrected chi connectivity index (χ0v) is 15.4. The van der Waals surface area contributed by atoms with Crippen molar-refractivity contribution in [1.82, 2.24) is 14.7 Å². The highest BCUT2D eigenvalue weighted by molar-refractivity contribution is 5.75. The molecule has 0 atom stereocenters. The van der Waals surface area contributed by atoms with Crippen LogP contribution in [0.3, 0.4) is 0 Å². The van der Waals surface area contributed by atoms with Gasteiger partial charge in [0.25, 0.3) is 0 Å². The molecule has 5 heteroatoms. The van der Waals surface area contributed by atoms with Gasteiger partial charge in [-0.1, -0.05) is 12.1 Å². The van der Waals surface area contributed by atoms with Gasteiger partial charge in [-0.15, -0.1) is 0 Å². The van der Waals surface area contributed by atoms with Gasteiger partial charge < -0.3 is 9.80 Å². The van der Waals surface area contributed by atoms with Crippen molar-refractivity contribution in [2.75, 3.05) is 25.5 Å². The maximum absolute atomic E-state index is 11.6. The number of anilines is 1. The summed E-state index contributed by atoms with van der Waals surface area (Å²) in [6.07, 6.45) is 3.93. The van der Waals surface area contributed by atoms with Crippen molar-refractivity contribution in [2.24, 2.45) is 0 Å². The monoisotopic (exact) mass is 328 g/mol. The third kappa shape index (κ3) is 4.68. The van der Waals surface area contributed by atoms with E-state index in [0.717, 1.165) is 36.3 Å². The van der Waals surface area contributed by atoms with E-state index in [1.807, 2.05) is 29.9 Å². The van der Waals surface area contributed by atoms with E-state index in [1.54, 1.807) is 4.90 Å². The first kappa shape index (κ1) is 18.2. The van der Waals surface area contributed by atoms with Crippen LogP contribution in [0.5, 0.6) is 0 Å². The van der Waals surface area contributed by atoms with Crippen molar-refractivity contribution < 1.29 is 4.79 Å². The Kier molecular flexibility index (Phi) is 6.15. The number of carbonyl (C=O) groups is 1. The van der Waals surface area contributed by atoms with Gasteiger partial charge >= 0.3 is 0 Å². The van der Waals surface area contributed by atoms with Gasteiger partial charge in [-0.2, -0.15) is 5.10 Å². The Labute approximate surface area is 144 Å². The molecule has 0 radical (unpaired) electrons. The molecular weight excluding hydrogens is 300 g/mol. The summed E-state index contributed by atoms with van der Waals surface area (Å²) in [4.78, 5) is 15.4. The fraction of sp³-hybridized carbons (Fsp3) is 0.474. The summed E-state index contributed by atoms with van der Waals surface area (Å²) >= 11 is 0. The lowest BCUT2D eigenvalue weighted by atomic mass is 10.1. The van der Waals surface area contributed by atoms with Crippen LogP contribution >= 0.6 is 0 Å². The molecule has 0 N–H and O–H groups in total. The molecule has 1 amide bonds. The maximum atomic E-state index is 11.6. The molecule has 1 aromatic heterocycles. The van der Waals surface area contributed by atoms with Crippen LogP contribution < -0.4 is 4.90 Å². The molecule has 2 rings (SSSR count). The van der Waals surface area contributed by atoms with E-state index in [-0.39, 0.29) is 0 Å². The van der Waals surface area contributed by atoms with Crippen LogP contribution in [0.25, 0.3) is 0 Å². The molecule has 0 fully saturated rings. The van der Waals surface area contributed by atoms with Crippen LogP contribution in [0.1, 0.15) is 36.7 Å². The van der Waals surface area contributed by atoms with E-state index >= 15 is 0 Å². The van der Waals surface area contributed by atoms with Gasteiger partial charge in [0.1, 0.15) is 0 Å². The fourth-order valence-electron chi connectivity index (χ4n) is 2.52. The first-order valence-corrected chi connectivity index (χ1v) is 8.41. The van der Waals surface area contributed by atoms with E-state index in [0.29, 0.717) is 12.6 Å². The van der Waals surface area contributed by atoms with Gasteiger partial charge in [0.2, 0.25) is 6.41 Å². The molecule has 0 unspecified atom stereocenters. The molecular formula is C19H28N4O. The normalized spacial score (nSPS) is 11.3. The lowest BCUT2D eigenvalue weighted by Gasteiger charge is -2.18. The predicted molar refractivity (Wildman–Crippen MR) is 98.3 cm³/mol. The van der Waals surface area contributed by atoms with Gasteiger partial charge in [-0.05, 0) is 59.0 Å². The fourth-order valence-corrected chi connectivity index (χ4v) is 2.52. The van der Waals surface area contributed by atoms with Crippen molar-refractivity contribution in [3.63, 3.8) is 0 Å². The summed E-state index contributed by atoms with van der Waals surface area (Å²) in [6, 6.07) is 8.54. The van der Waals surface area contributed by atoms with Gasteiger partial charge in [-0.3, -0.25) is 9.48 Å². The lowest BCUT2D eigenvalue weighted by Crippen LogP contribution is -2.20. The quantitative estimate of drug-likeness (QED) is 0.700. The third-order valence-electron chi connectivity index (χ3n) is 4.13. The number of hydrogen-bond acceptors (Lipinski definition) is 3. The van der Waals surface area contributed by atoms with Gasteiger partial charge in [0.05, 0.1) is 12.2 Å². The first-order chi connectivity index (χ1) is 11.4. The summed E-state index contributed by atoms with van der Waals surface area (Å²) in [7, 11) is 4.14. The summed E-state index contributed by atoms with van der Waals surface area (Å²) in [5.41, 5.74) is 4.24. The molecule has 2 aromatic rings. The number of likely N-dealkylation sites (N-methyl/N-ethyl adjacent to an activating group) is 1. The van der Waals surface area contributed by atoms with Crippen LogP contribution in [0.15, 0.2) is 30.5 Å². The van der Waals surface area contributed by atoms with E-state index in [4.69, 9.17) is 0 Å². The Morgan fingerprint density at radius 2 is 1.88 bits per heavy atom. The van der Waals surface area contributed by atoms with E-state index < -0.39 is 0 Å². The largest absolute Gasteiger partial charge is 0.310 e. The molecule has 0 aliphatic rings. The SMILES string of the molecule is Cc1nn(C(C)C)cc1CN(C=O)c1ccc(CCN(C)C)cc1. The molecule has 0 saturated heterocycles. The first-order valence-electron chi connectivity index (χ1n) is 8.41. The van der Waals surface area contributed by atoms with Crippen molar-refractivity contribution in [3.8, 4) is 0 Å². The second kappa shape index (κ2) is 8.11. The number of rotatable bonds is 8. The zero-order valence-electron chi connectivity index (χ0n) is 15.4. The van der Waals surface area contributed by atoms with Gasteiger partial charge in [-0.25, -0.2) is 0 Å². The Morgan fingerprint density at radius 1 is 1.21 bits per heavy atom. The molecule has 130 valence electrons. The smallest absolute Gasteiger partial charge is 0.214 e. The number of aryl methyl sites for hydroxylation is 1. The Hall–Kier alpha value is -2.14. The van der Waals surface area contributed by atoms with Crippen molar-refractivity contribution in [2.45, 2.75) is 39.8 Å². The minimum Gasteiger partial charge on any atom is -0.310 e. The summed E-state index contributed by atoms with van der Waals surface area (Å²) in [5, 5.41) is 4.52. The van der Waals surface area contributed by atoms with Crippen molar-refractivity contribution in [1.29, 1.82) is 0 Å². The molecule has 1 aromatic carbocycles. The minimum absolute atomic E-state index is 0.318. The number of carbonyl (C=O) groups excluding carboxylic acids is 1. The van der Waals surface area contributed by atoms with Crippen LogP contribution in [0.2, 0.25) is 0 Å². The molecule has 5 nitrogen and oxygen atoms in total. The Balaban J connectivity index is 2.09. The molecule has 24 heavy (non-hydrogen) atoms. The van der Waals surface area contributed by atoms with Crippen LogP contribution in [0, 0.1) is 6.92 Å². The third-order valence-corrected chi connectivity index (χ3v) is 4.13.